The third-order valence-electron chi connectivity index (χ3n) is 1.57. The largest absolute Gasteiger partial charge is 0.481 e. The third kappa shape index (κ3) is 5.95. The van der Waals surface area contributed by atoms with Gasteiger partial charge < -0.3 is 15.3 Å². The van der Waals surface area contributed by atoms with Crippen LogP contribution in [0.25, 0.3) is 0 Å². The number of aliphatic carboxylic acids is 1. The van der Waals surface area contributed by atoms with Gasteiger partial charge in [0.05, 0.1) is 0 Å². The first-order valence-electron chi connectivity index (χ1n) is 4.13. The SMILES string of the molecule is CC(CCC(=O)O)NC(=O)N(C)C. The van der Waals surface area contributed by atoms with E-state index in [-0.39, 0.29) is 18.5 Å². The van der Waals surface area contributed by atoms with E-state index in [0.29, 0.717) is 6.42 Å². The monoisotopic (exact) mass is 188 g/mol. The lowest BCUT2D eigenvalue weighted by Crippen LogP contribution is -2.40. The molecule has 0 rings (SSSR count). The summed E-state index contributed by atoms with van der Waals surface area (Å²) in [5.74, 6) is -0.842. The van der Waals surface area contributed by atoms with Crippen LogP contribution in [0.2, 0.25) is 0 Å². The van der Waals surface area contributed by atoms with Gasteiger partial charge in [0.15, 0.2) is 0 Å². The number of hydrogen-bond donors (Lipinski definition) is 2. The first-order valence-corrected chi connectivity index (χ1v) is 4.13. The lowest BCUT2D eigenvalue weighted by Gasteiger charge is -2.16. The van der Waals surface area contributed by atoms with Crippen molar-refractivity contribution < 1.29 is 14.7 Å². The van der Waals surface area contributed by atoms with Crippen molar-refractivity contribution in [2.75, 3.05) is 14.1 Å². The Morgan fingerprint density at radius 2 is 2.00 bits per heavy atom. The van der Waals surface area contributed by atoms with Crippen LogP contribution in [-0.2, 0) is 4.79 Å². The molecule has 2 N–H and O–H groups in total. The first-order chi connectivity index (χ1) is 5.93. The molecule has 0 bridgehead atoms. The number of carboxylic acid groups (broad SMARTS) is 1. The van der Waals surface area contributed by atoms with E-state index in [2.05, 4.69) is 5.32 Å². The number of carboxylic acids is 1. The molecule has 0 radical (unpaired) electrons. The lowest BCUT2D eigenvalue weighted by molar-refractivity contribution is -0.137. The van der Waals surface area contributed by atoms with E-state index in [1.54, 1.807) is 21.0 Å². The summed E-state index contributed by atoms with van der Waals surface area (Å²) in [7, 11) is 3.28. The van der Waals surface area contributed by atoms with Crippen LogP contribution >= 0.6 is 0 Å². The molecule has 2 amide bonds. The number of amides is 2. The van der Waals surface area contributed by atoms with Crippen molar-refractivity contribution in [2.24, 2.45) is 0 Å². The van der Waals surface area contributed by atoms with Gasteiger partial charge in [-0.15, -0.1) is 0 Å². The van der Waals surface area contributed by atoms with E-state index in [4.69, 9.17) is 5.11 Å². The van der Waals surface area contributed by atoms with E-state index >= 15 is 0 Å². The van der Waals surface area contributed by atoms with Crippen LogP contribution in [0.15, 0.2) is 0 Å². The van der Waals surface area contributed by atoms with Crippen LogP contribution in [0.1, 0.15) is 19.8 Å². The molecule has 0 aromatic rings. The zero-order chi connectivity index (χ0) is 10.4. The number of urea groups is 1. The fourth-order valence-electron chi connectivity index (χ4n) is 0.752. The van der Waals surface area contributed by atoms with Crippen molar-refractivity contribution in [3.05, 3.63) is 0 Å². The minimum Gasteiger partial charge on any atom is -0.481 e. The summed E-state index contributed by atoms with van der Waals surface area (Å²) in [5, 5.41) is 11.0. The van der Waals surface area contributed by atoms with Gasteiger partial charge >= 0.3 is 12.0 Å². The molecule has 0 aliphatic rings. The second-order valence-corrected chi connectivity index (χ2v) is 3.18. The highest BCUT2D eigenvalue weighted by Crippen LogP contribution is 1.96. The van der Waals surface area contributed by atoms with Gasteiger partial charge in [-0.1, -0.05) is 0 Å². The summed E-state index contributed by atoms with van der Waals surface area (Å²) in [4.78, 5) is 22.7. The van der Waals surface area contributed by atoms with Crippen LogP contribution in [-0.4, -0.2) is 42.1 Å². The minimum absolute atomic E-state index is 0.0782. The van der Waals surface area contributed by atoms with Gasteiger partial charge in [0.25, 0.3) is 0 Å². The molecule has 0 aliphatic carbocycles. The number of nitrogens with zero attached hydrogens (tertiary/aromatic N) is 1. The van der Waals surface area contributed by atoms with E-state index < -0.39 is 5.97 Å². The fourth-order valence-corrected chi connectivity index (χ4v) is 0.752. The highest BCUT2D eigenvalue weighted by molar-refractivity contribution is 5.74. The Hall–Kier alpha value is -1.26. The Kier molecular flexibility index (Phi) is 4.87. The molecule has 0 fully saturated rings. The second-order valence-electron chi connectivity index (χ2n) is 3.18. The Bertz CT molecular complexity index is 192. The Balaban J connectivity index is 3.68. The van der Waals surface area contributed by atoms with Gasteiger partial charge in [0, 0.05) is 26.6 Å². The predicted octanol–water partition coefficient (Wildman–Crippen LogP) is 0.511. The zero-order valence-corrected chi connectivity index (χ0v) is 8.20. The van der Waals surface area contributed by atoms with E-state index in [1.807, 2.05) is 0 Å². The van der Waals surface area contributed by atoms with Crippen LogP contribution in [0, 0.1) is 0 Å². The topological polar surface area (TPSA) is 69.6 Å². The molecule has 0 aromatic heterocycles. The molecule has 0 aliphatic heterocycles. The molecule has 1 unspecified atom stereocenters. The molecule has 0 heterocycles. The maximum Gasteiger partial charge on any atom is 0.317 e. The average Bonchev–Trinajstić information content (AvgIpc) is 2.00. The molecule has 5 heteroatoms. The summed E-state index contributed by atoms with van der Waals surface area (Å²) in [5.41, 5.74) is 0. The smallest absolute Gasteiger partial charge is 0.317 e. The number of nitrogens with one attached hydrogen (secondary N) is 1. The number of rotatable bonds is 4. The number of hydrogen-bond acceptors (Lipinski definition) is 2. The van der Waals surface area contributed by atoms with Crippen molar-refractivity contribution in [1.82, 2.24) is 10.2 Å². The first kappa shape index (κ1) is 11.7. The summed E-state index contributed by atoms with van der Waals surface area (Å²) in [6.07, 6.45) is 0.532. The van der Waals surface area contributed by atoms with Crippen molar-refractivity contribution in [2.45, 2.75) is 25.8 Å². The van der Waals surface area contributed by atoms with E-state index in [9.17, 15) is 9.59 Å². The zero-order valence-electron chi connectivity index (χ0n) is 8.20. The Labute approximate surface area is 77.7 Å². The number of carbonyl (C=O) groups excluding carboxylic acids is 1. The summed E-state index contributed by atoms with van der Waals surface area (Å²) in [6.45, 7) is 1.78. The van der Waals surface area contributed by atoms with E-state index in [1.165, 1.54) is 4.90 Å². The van der Waals surface area contributed by atoms with Gasteiger partial charge in [0.2, 0.25) is 0 Å². The van der Waals surface area contributed by atoms with Gasteiger partial charge in [-0.05, 0) is 13.3 Å². The van der Waals surface area contributed by atoms with Crippen molar-refractivity contribution in [3.8, 4) is 0 Å². The van der Waals surface area contributed by atoms with Gasteiger partial charge in [-0.3, -0.25) is 4.79 Å². The lowest BCUT2D eigenvalue weighted by atomic mass is 10.2. The van der Waals surface area contributed by atoms with Crippen molar-refractivity contribution >= 4 is 12.0 Å². The molecule has 13 heavy (non-hydrogen) atoms. The average molecular weight is 188 g/mol. The predicted molar refractivity (Wildman–Crippen MR) is 48.6 cm³/mol. The Morgan fingerprint density at radius 1 is 1.46 bits per heavy atom. The van der Waals surface area contributed by atoms with Gasteiger partial charge in [-0.25, -0.2) is 4.79 Å². The molecule has 5 nitrogen and oxygen atoms in total. The maximum absolute atomic E-state index is 11.1. The van der Waals surface area contributed by atoms with Crippen molar-refractivity contribution in [1.29, 1.82) is 0 Å². The highest BCUT2D eigenvalue weighted by atomic mass is 16.4. The van der Waals surface area contributed by atoms with E-state index in [0.717, 1.165) is 0 Å². The van der Waals surface area contributed by atoms with Crippen LogP contribution in [0.3, 0.4) is 0 Å². The normalized spacial score (nSPS) is 11.9. The molecule has 0 aromatic carbocycles. The highest BCUT2D eigenvalue weighted by Gasteiger charge is 2.09. The molecule has 0 saturated heterocycles. The molecule has 76 valence electrons. The molecule has 0 saturated carbocycles. The standard InChI is InChI=1S/C8H16N2O3/c1-6(4-5-7(11)12)9-8(13)10(2)3/h6H,4-5H2,1-3H3,(H,9,13)(H,11,12). The maximum atomic E-state index is 11.1. The quantitative estimate of drug-likeness (QED) is 0.675. The van der Waals surface area contributed by atoms with Gasteiger partial charge in [-0.2, -0.15) is 0 Å². The summed E-state index contributed by atoms with van der Waals surface area (Å²) < 4.78 is 0. The van der Waals surface area contributed by atoms with Crippen LogP contribution in [0.5, 0.6) is 0 Å². The summed E-state index contributed by atoms with van der Waals surface area (Å²) >= 11 is 0. The fraction of sp³-hybridized carbons (Fsp3) is 0.750. The molecule has 0 spiro atoms. The molecule has 1 atom stereocenters. The van der Waals surface area contributed by atoms with Crippen molar-refractivity contribution in [3.63, 3.8) is 0 Å². The molecular formula is C8H16N2O3. The second kappa shape index (κ2) is 5.40. The summed E-state index contributed by atoms with van der Waals surface area (Å²) in [6, 6.07) is -0.302. The molecular weight excluding hydrogens is 172 g/mol. The van der Waals surface area contributed by atoms with Gasteiger partial charge in [0.1, 0.15) is 0 Å². The Morgan fingerprint density at radius 3 is 2.38 bits per heavy atom. The number of carbonyl (C=O) groups is 2. The van der Waals surface area contributed by atoms with Crippen LogP contribution < -0.4 is 5.32 Å². The third-order valence-corrected chi connectivity index (χ3v) is 1.57. The van der Waals surface area contributed by atoms with Crippen LogP contribution in [0.4, 0.5) is 4.79 Å². The minimum atomic E-state index is -0.842.